The molecule has 2 aromatic rings. The number of rotatable bonds is 8. The van der Waals surface area contributed by atoms with E-state index in [1.807, 2.05) is 30.8 Å². The quantitative estimate of drug-likeness (QED) is 0.714. The number of nitrogens with one attached hydrogen (secondary N) is 1. The van der Waals surface area contributed by atoms with Gasteiger partial charge in [0, 0.05) is 38.5 Å². The molecule has 0 aliphatic heterocycles. The molecule has 0 aliphatic carbocycles. The van der Waals surface area contributed by atoms with Crippen LogP contribution < -0.4 is 5.32 Å². The number of methoxy groups -OCH3 is 1. The number of nitrogens with zero attached hydrogens (tertiary/aromatic N) is 3. The third kappa shape index (κ3) is 5.30. The summed E-state index contributed by atoms with van der Waals surface area (Å²) in [5.74, 6) is 0.0542. The molecule has 0 atom stereocenters. The SMILES string of the molecule is COCCNCC(=O)N(C)Cc1c(C)nn(-c2ccccc2C)c1C.Cl. The summed E-state index contributed by atoms with van der Waals surface area (Å²) >= 11 is 0. The first-order valence-electron chi connectivity index (χ1n) is 8.50. The fraction of sp³-hybridized carbons (Fsp3) is 0.474. The Bertz CT molecular complexity index is 730. The summed E-state index contributed by atoms with van der Waals surface area (Å²) < 4.78 is 6.93. The highest BCUT2D eigenvalue weighted by Gasteiger charge is 2.17. The predicted octanol–water partition coefficient (Wildman–Crippen LogP) is 2.41. The molecule has 0 spiro atoms. The molecule has 7 heteroatoms. The third-order valence-corrected chi connectivity index (χ3v) is 4.37. The summed E-state index contributed by atoms with van der Waals surface area (Å²) in [4.78, 5) is 14.0. The van der Waals surface area contributed by atoms with Crippen LogP contribution in [0.1, 0.15) is 22.5 Å². The maximum atomic E-state index is 12.3. The lowest BCUT2D eigenvalue weighted by Crippen LogP contribution is -2.36. The molecule has 6 nitrogen and oxygen atoms in total. The Morgan fingerprint density at radius 3 is 2.62 bits per heavy atom. The Labute approximate surface area is 161 Å². The van der Waals surface area contributed by atoms with Gasteiger partial charge in [-0.15, -0.1) is 12.4 Å². The van der Waals surface area contributed by atoms with Gasteiger partial charge in [-0.2, -0.15) is 5.10 Å². The molecule has 0 saturated carbocycles. The number of aryl methyl sites for hydroxylation is 2. The largest absolute Gasteiger partial charge is 0.383 e. The molecular weight excluding hydrogens is 352 g/mol. The topological polar surface area (TPSA) is 59.4 Å². The van der Waals surface area contributed by atoms with Crippen LogP contribution in [0.4, 0.5) is 0 Å². The highest BCUT2D eigenvalue weighted by atomic mass is 35.5. The van der Waals surface area contributed by atoms with E-state index in [0.29, 0.717) is 26.2 Å². The maximum Gasteiger partial charge on any atom is 0.236 e. The Morgan fingerprint density at radius 2 is 1.96 bits per heavy atom. The van der Waals surface area contributed by atoms with Crippen molar-refractivity contribution in [2.24, 2.45) is 0 Å². The van der Waals surface area contributed by atoms with Crippen molar-refractivity contribution in [3.8, 4) is 5.69 Å². The fourth-order valence-corrected chi connectivity index (χ4v) is 2.77. The van der Waals surface area contributed by atoms with Gasteiger partial charge in [-0.3, -0.25) is 4.79 Å². The minimum Gasteiger partial charge on any atom is -0.383 e. The number of benzene rings is 1. The molecule has 2 rings (SSSR count). The van der Waals surface area contributed by atoms with Gasteiger partial charge in [0.05, 0.1) is 24.5 Å². The first-order chi connectivity index (χ1) is 12.0. The Hall–Kier alpha value is -1.89. The lowest BCUT2D eigenvalue weighted by Gasteiger charge is -2.18. The molecular formula is C19H29ClN4O2. The minimum atomic E-state index is 0. The van der Waals surface area contributed by atoms with Crippen molar-refractivity contribution in [2.75, 3.05) is 33.9 Å². The van der Waals surface area contributed by atoms with Crippen LogP contribution in [0, 0.1) is 20.8 Å². The highest BCUT2D eigenvalue weighted by Crippen LogP contribution is 2.21. The molecule has 1 N–H and O–H groups in total. The second-order valence-electron chi connectivity index (χ2n) is 6.27. The average molecular weight is 381 g/mol. The number of amides is 1. The number of halogens is 1. The van der Waals surface area contributed by atoms with Crippen molar-refractivity contribution in [3.63, 3.8) is 0 Å². The van der Waals surface area contributed by atoms with Crippen LogP contribution in [-0.4, -0.2) is 54.4 Å². The Morgan fingerprint density at radius 1 is 1.27 bits per heavy atom. The standard InChI is InChI=1S/C19H28N4O2.ClH/c1-14-8-6-7-9-18(14)23-16(3)17(15(2)21-23)13-22(4)19(24)12-20-10-11-25-5;/h6-9,20H,10-13H2,1-5H3;1H. The van der Waals surface area contributed by atoms with E-state index in [9.17, 15) is 4.79 Å². The van der Waals surface area contributed by atoms with Gasteiger partial charge < -0.3 is 15.0 Å². The normalized spacial score (nSPS) is 10.5. The van der Waals surface area contributed by atoms with Crippen LogP contribution in [0.5, 0.6) is 0 Å². The van der Waals surface area contributed by atoms with Crippen LogP contribution in [-0.2, 0) is 16.1 Å². The molecule has 0 saturated heterocycles. The van der Waals surface area contributed by atoms with Crippen LogP contribution in [0.2, 0.25) is 0 Å². The molecule has 0 radical (unpaired) electrons. The van der Waals surface area contributed by atoms with Gasteiger partial charge in [0.2, 0.25) is 5.91 Å². The van der Waals surface area contributed by atoms with Gasteiger partial charge in [-0.25, -0.2) is 4.68 Å². The monoisotopic (exact) mass is 380 g/mol. The average Bonchev–Trinajstić information content (AvgIpc) is 2.87. The van der Waals surface area contributed by atoms with Gasteiger partial charge in [0.25, 0.3) is 0 Å². The molecule has 0 fully saturated rings. The third-order valence-electron chi connectivity index (χ3n) is 4.37. The number of likely N-dealkylation sites (N-methyl/N-ethyl adjacent to an activating group) is 1. The van der Waals surface area contributed by atoms with Crippen molar-refractivity contribution in [3.05, 3.63) is 46.8 Å². The van der Waals surface area contributed by atoms with Gasteiger partial charge in [0.1, 0.15) is 0 Å². The van der Waals surface area contributed by atoms with E-state index in [2.05, 4.69) is 36.4 Å². The molecule has 1 heterocycles. The van der Waals surface area contributed by atoms with Gasteiger partial charge in [-0.1, -0.05) is 18.2 Å². The van der Waals surface area contributed by atoms with Crippen LogP contribution in [0.3, 0.4) is 0 Å². The number of carbonyl (C=O) groups is 1. The van der Waals surface area contributed by atoms with Crippen molar-refractivity contribution >= 4 is 18.3 Å². The van der Waals surface area contributed by atoms with E-state index in [1.54, 1.807) is 12.0 Å². The van der Waals surface area contributed by atoms with Crippen molar-refractivity contribution < 1.29 is 9.53 Å². The maximum absolute atomic E-state index is 12.3. The summed E-state index contributed by atoms with van der Waals surface area (Å²) in [6, 6.07) is 8.17. The molecule has 26 heavy (non-hydrogen) atoms. The molecule has 144 valence electrons. The summed E-state index contributed by atoms with van der Waals surface area (Å²) in [5.41, 5.74) is 5.36. The number of ether oxygens (including phenoxy) is 1. The molecule has 0 bridgehead atoms. The van der Waals surface area contributed by atoms with E-state index >= 15 is 0 Å². The zero-order valence-corrected chi connectivity index (χ0v) is 17.0. The smallest absolute Gasteiger partial charge is 0.236 e. The summed E-state index contributed by atoms with van der Waals surface area (Å²) in [6.07, 6.45) is 0. The lowest BCUT2D eigenvalue weighted by atomic mass is 10.1. The van der Waals surface area contributed by atoms with E-state index in [1.165, 1.54) is 5.56 Å². The summed E-state index contributed by atoms with van der Waals surface area (Å²) in [5, 5.41) is 7.77. The van der Waals surface area contributed by atoms with E-state index in [0.717, 1.165) is 22.6 Å². The Balaban J connectivity index is 0.00000338. The lowest BCUT2D eigenvalue weighted by molar-refractivity contribution is -0.129. The molecule has 1 aromatic carbocycles. The van der Waals surface area contributed by atoms with Gasteiger partial charge in [-0.05, 0) is 32.4 Å². The van der Waals surface area contributed by atoms with Crippen molar-refractivity contribution in [1.29, 1.82) is 0 Å². The fourth-order valence-electron chi connectivity index (χ4n) is 2.77. The highest BCUT2D eigenvalue weighted by molar-refractivity contribution is 5.85. The van der Waals surface area contributed by atoms with E-state index in [4.69, 9.17) is 4.74 Å². The van der Waals surface area contributed by atoms with Crippen LogP contribution in [0.25, 0.3) is 5.69 Å². The van der Waals surface area contributed by atoms with E-state index in [-0.39, 0.29) is 18.3 Å². The van der Waals surface area contributed by atoms with Gasteiger partial charge >= 0.3 is 0 Å². The summed E-state index contributed by atoms with van der Waals surface area (Å²) in [6.45, 7) is 8.24. The minimum absolute atomic E-state index is 0. The molecule has 0 unspecified atom stereocenters. The first kappa shape index (κ1) is 22.2. The molecule has 0 aliphatic rings. The predicted molar refractivity (Wildman–Crippen MR) is 106 cm³/mol. The van der Waals surface area contributed by atoms with Gasteiger partial charge in [0.15, 0.2) is 0 Å². The number of carbonyl (C=O) groups excluding carboxylic acids is 1. The van der Waals surface area contributed by atoms with E-state index < -0.39 is 0 Å². The Kier molecular flexibility index (Phi) is 8.78. The van der Waals surface area contributed by atoms with Crippen molar-refractivity contribution in [2.45, 2.75) is 27.3 Å². The summed E-state index contributed by atoms with van der Waals surface area (Å²) in [7, 11) is 3.47. The van der Waals surface area contributed by atoms with Crippen LogP contribution in [0.15, 0.2) is 24.3 Å². The number of para-hydroxylation sites is 1. The molecule has 1 amide bonds. The van der Waals surface area contributed by atoms with Crippen molar-refractivity contribution in [1.82, 2.24) is 20.0 Å². The second kappa shape index (κ2) is 10.3. The number of aromatic nitrogens is 2. The molecule has 1 aromatic heterocycles. The number of hydrogen-bond donors (Lipinski definition) is 1. The van der Waals surface area contributed by atoms with Crippen LogP contribution >= 0.6 is 12.4 Å². The zero-order valence-electron chi connectivity index (χ0n) is 16.2. The number of hydrogen-bond acceptors (Lipinski definition) is 4. The second-order valence-corrected chi connectivity index (χ2v) is 6.27. The zero-order chi connectivity index (χ0) is 18.4. The first-order valence-corrected chi connectivity index (χ1v) is 8.50.